The number of aryl methyl sites for hydroxylation is 1. The van der Waals surface area contributed by atoms with Gasteiger partial charge in [0.1, 0.15) is 24.7 Å². The van der Waals surface area contributed by atoms with E-state index in [1.54, 1.807) is 4.90 Å². The monoisotopic (exact) mass is 1310 g/mol. The number of hydrogen-bond acceptors (Lipinski definition) is 19. The number of nitrogens with one attached hydrogen (secondary N) is 7. The minimum atomic E-state index is -1.48. The van der Waals surface area contributed by atoms with Crippen LogP contribution < -0.4 is 49.1 Å². The topological polar surface area (TPSA) is 477 Å². The summed E-state index contributed by atoms with van der Waals surface area (Å²) in [6.45, 7) is 1.02. The molecule has 2 fully saturated rings. The van der Waals surface area contributed by atoms with Gasteiger partial charge in [-0.25, -0.2) is 0 Å². The molecule has 6 atom stereocenters. The van der Waals surface area contributed by atoms with Crippen LogP contribution in [0.4, 0.5) is 0 Å². The SMILES string of the molecule is CN1CCC[C@H]1C(=O)N1CCC[C@H]1C(=O)N[C@@H](CCCN=C(N)N)CN[C@@H](CC(=O)O)C(=O)N[C@@H](CCCCN(CC(=O)O)CC(=O)O)C(=O)N[C@@H](CCCCNC(=O)COCCOCCNC(=O)CCCCCCCCCCCCCCCc1nn[nH]n1)C(N)=O. The number of carbonyl (C=O) groups is 10. The van der Waals surface area contributed by atoms with E-state index in [9.17, 15) is 63.3 Å². The van der Waals surface area contributed by atoms with E-state index >= 15 is 0 Å². The van der Waals surface area contributed by atoms with Gasteiger partial charge in [-0.2, -0.15) is 5.21 Å². The number of guanidine groups is 1. The Morgan fingerprint density at radius 3 is 1.86 bits per heavy atom. The lowest BCUT2D eigenvalue weighted by Gasteiger charge is -2.31. The van der Waals surface area contributed by atoms with E-state index in [0.29, 0.717) is 64.6 Å². The summed E-state index contributed by atoms with van der Waals surface area (Å²) < 4.78 is 10.9. The number of primary amides is 1. The van der Waals surface area contributed by atoms with Crippen molar-refractivity contribution < 1.29 is 72.7 Å². The summed E-state index contributed by atoms with van der Waals surface area (Å²) in [5, 5.41) is 59.3. The summed E-state index contributed by atoms with van der Waals surface area (Å²) >= 11 is 0. The molecule has 2 aliphatic rings. The number of ether oxygens (including phenoxy) is 2. The lowest BCUT2D eigenvalue weighted by molar-refractivity contribution is -0.142. The zero-order valence-electron chi connectivity index (χ0n) is 54.1. The van der Waals surface area contributed by atoms with Crippen molar-refractivity contribution in [1.29, 1.82) is 0 Å². The van der Waals surface area contributed by atoms with Crippen LogP contribution in [0.25, 0.3) is 0 Å². The van der Waals surface area contributed by atoms with E-state index in [1.807, 2.05) is 11.9 Å². The fraction of sp³-hybridized carbons (Fsp3) is 0.800. The molecular formula is C60H107N17O15. The third-order valence-electron chi connectivity index (χ3n) is 16.1. The summed E-state index contributed by atoms with van der Waals surface area (Å²) in [7, 11) is 1.87. The van der Waals surface area contributed by atoms with Crippen molar-refractivity contribution in [2.45, 2.75) is 216 Å². The summed E-state index contributed by atoms with van der Waals surface area (Å²) in [6, 6.07) is -5.94. The first-order chi connectivity index (χ1) is 44.2. The zero-order valence-corrected chi connectivity index (χ0v) is 54.1. The molecule has 1 aromatic heterocycles. The van der Waals surface area contributed by atoms with E-state index in [0.717, 1.165) is 50.9 Å². The largest absolute Gasteiger partial charge is 0.481 e. The van der Waals surface area contributed by atoms with Crippen molar-refractivity contribution >= 4 is 65.2 Å². The van der Waals surface area contributed by atoms with Crippen molar-refractivity contribution in [3.63, 3.8) is 0 Å². The number of aromatic nitrogens is 4. The van der Waals surface area contributed by atoms with Crippen molar-refractivity contribution in [1.82, 2.24) is 67.2 Å². The molecule has 32 nitrogen and oxygen atoms in total. The molecule has 522 valence electrons. The number of likely N-dealkylation sites (N-methyl/N-ethyl adjacent to an activating group) is 1. The second-order valence-electron chi connectivity index (χ2n) is 23.8. The Morgan fingerprint density at radius 2 is 1.24 bits per heavy atom. The lowest BCUT2D eigenvalue weighted by Crippen LogP contribution is -2.58. The number of hydrogen-bond donors (Lipinski definition) is 13. The average Bonchev–Trinajstić information content (AvgIpc) is 1.67. The Kier molecular flexibility index (Phi) is 41.0. The number of rotatable bonds is 55. The number of nitrogens with zero attached hydrogens (tertiary/aromatic N) is 7. The van der Waals surface area contributed by atoms with Gasteiger partial charge in [-0.05, 0) is 110 Å². The number of unbranched alkanes of at least 4 members (excludes halogenated alkanes) is 14. The number of aliphatic carboxylic acids is 3. The minimum absolute atomic E-state index is 0.00968. The van der Waals surface area contributed by atoms with Crippen molar-refractivity contribution in [2.75, 3.05) is 92.4 Å². The molecule has 0 aliphatic carbocycles. The molecule has 32 heteroatoms. The van der Waals surface area contributed by atoms with E-state index in [4.69, 9.17) is 26.7 Å². The van der Waals surface area contributed by atoms with Crippen LogP contribution in [-0.2, 0) is 63.8 Å². The van der Waals surface area contributed by atoms with Gasteiger partial charge in [-0.15, -0.1) is 10.2 Å². The maximum Gasteiger partial charge on any atom is 0.317 e. The molecule has 0 unspecified atom stereocenters. The van der Waals surface area contributed by atoms with Gasteiger partial charge in [0.25, 0.3) is 0 Å². The molecule has 0 radical (unpaired) electrons. The highest BCUT2D eigenvalue weighted by Gasteiger charge is 2.40. The smallest absolute Gasteiger partial charge is 0.317 e. The maximum absolute atomic E-state index is 14.1. The van der Waals surface area contributed by atoms with Crippen LogP contribution in [0.5, 0.6) is 0 Å². The van der Waals surface area contributed by atoms with E-state index in [1.165, 1.54) is 62.7 Å². The van der Waals surface area contributed by atoms with Gasteiger partial charge in [0, 0.05) is 51.6 Å². The second-order valence-corrected chi connectivity index (χ2v) is 23.8. The molecule has 0 aromatic carbocycles. The number of nitrogens with two attached hydrogens (primary N) is 3. The third-order valence-corrected chi connectivity index (χ3v) is 16.1. The van der Waals surface area contributed by atoms with Crippen LogP contribution in [-0.4, -0.2) is 244 Å². The molecule has 3 heterocycles. The molecule has 1 aromatic rings. The number of H-pyrrole nitrogens is 1. The van der Waals surface area contributed by atoms with Crippen LogP contribution in [0.3, 0.4) is 0 Å². The van der Waals surface area contributed by atoms with Crippen LogP contribution in [0.2, 0.25) is 0 Å². The maximum atomic E-state index is 14.1. The Morgan fingerprint density at radius 1 is 0.641 bits per heavy atom. The Labute approximate surface area is 539 Å². The first-order valence-corrected chi connectivity index (χ1v) is 33.0. The molecule has 0 saturated carbocycles. The number of likely N-dealkylation sites (tertiary alicyclic amines) is 2. The van der Waals surface area contributed by atoms with Gasteiger partial charge in [0.15, 0.2) is 11.8 Å². The van der Waals surface area contributed by atoms with Crippen LogP contribution in [0.15, 0.2) is 4.99 Å². The number of aromatic amines is 1. The van der Waals surface area contributed by atoms with Crippen molar-refractivity contribution in [3.8, 4) is 0 Å². The van der Waals surface area contributed by atoms with Gasteiger partial charge in [-0.3, -0.25) is 62.7 Å². The van der Waals surface area contributed by atoms with E-state index in [-0.39, 0.29) is 102 Å². The quantitative estimate of drug-likeness (QED) is 0.0228. The predicted molar refractivity (Wildman–Crippen MR) is 339 cm³/mol. The summed E-state index contributed by atoms with van der Waals surface area (Å²) in [4.78, 5) is 137. The van der Waals surface area contributed by atoms with E-state index in [2.05, 4.69) is 57.5 Å². The fourth-order valence-corrected chi connectivity index (χ4v) is 11.2. The molecule has 92 heavy (non-hydrogen) atoms. The molecule has 2 aliphatic heterocycles. The van der Waals surface area contributed by atoms with Crippen LogP contribution in [0.1, 0.15) is 179 Å². The van der Waals surface area contributed by atoms with Gasteiger partial charge >= 0.3 is 17.9 Å². The van der Waals surface area contributed by atoms with Crippen molar-refractivity contribution in [3.05, 3.63) is 5.82 Å². The lowest BCUT2D eigenvalue weighted by atomic mass is 10.0. The number of carboxylic acids is 3. The zero-order chi connectivity index (χ0) is 67.3. The van der Waals surface area contributed by atoms with Gasteiger partial charge in [-0.1, -0.05) is 75.8 Å². The first kappa shape index (κ1) is 79.1. The first-order valence-electron chi connectivity index (χ1n) is 33.0. The molecule has 0 spiro atoms. The standard InChI is InChI=1S/C60H107N17O15/c1-75-32-20-26-48(75)59(90)77-34-21-25-47(77)58(89)68-43(22-19-30-66-60(62)63)39-67-46(38-52(80)81)57(88)70-45(24-16-18-33-76(40-53(82)83)41-54(84)85)56(87)69-44(55(61)86)23-15-17-29-64-51(79)42-92-37-36-91-35-31-65-50(78)28-14-12-10-8-6-4-2-3-5-7-9-11-13-27-49-71-73-74-72-49/h43-48,67H,2-42H2,1H3,(H2,61,86)(H,64,79)(H,65,78)(H,68,89)(H,69,87)(H,70,88)(H,80,81)(H,82,83)(H,84,85)(H4,62,63,66)(H,71,72,73,74)/t43-,44-,45-,46-,47-,48-/m0/s1. The molecule has 7 amide bonds. The molecule has 2 saturated heterocycles. The normalized spacial score (nSPS) is 16.1. The highest BCUT2D eigenvalue weighted by Crippen LogP contribution is 2.24. The highest BCUT2D eigenvalue weighted by molar-refractivity contribution is 5.94. The predicted octanol–water partition coefficient (Wildman–Crippen LogP) is -0.208. The van der Waals surface area contributed by atoms with Crippen molar-refractivity contribution in [2.24, 2.45) is 22.2 Å². The second kappa shape index (κ2) is 47.7. The number of tetrazole rings is 1. The Balaban J connectivity index is 1.42. The van der Waals surface area contributed by atoms with Gasteiger partial charge < -0.3 is 78.8 Å². The summed E-state index contributed by atoms with van der Waals surface area (Å²) in [6.07, 6.45) is 20.0. The minimum Gasteiger partial charge on any atom is -0.481 e. The fourth-order valence-electron chi connectivity index (χ4n) is 11.2. The molecular weight excluding hydrogens is 1200 g/mol. The Hall–Kier alpha value is -7.16. The van der Waals surface area contributed by atoms with Gasteiger partial charge in [0.05, 0.1) is 51.4 Å². The third kappa shape index (κ3) is 36.2. The molecule has 3 rings (SSSR count). The number of carbonyl (C=O) groups excluding carboxylic acids is 7. The average molecular weight is 1310 g/mol. The van der Waals surface area contributed by atoms with Gasteiger partial charge in [0.2, 0.25) is 41.4 Å². The molecule has 0 bridgehead atoms. The number of amides is 7. The summed E-state index contributed by atoms with van der Waals surface area (Å²) in [5.41, 5.74) is 16.8. The van der Waals surface area contributed by atoms with E-state index < -0.39 is 97.2 Å². The molecule has 16 N–H and O–H groups in total. The number of carboxylic acid groups (broad SMARTS) is 3. The highest BCUT2D eigenvalue weighted by atomic mass is 16.5. The number of aliphatic imine (C=N–C) groups is 1. The summed E-state index contributed by atoms with van der Waals surface area (Å²) in [5.74, 6) is -6.89. The van der Waals surface area contributed by atoms with Crippen LogP contribution in [0, 0.1) is 0 Å². The van der Waals surface area contributed by atoms with Crippen LogP contribution >= 0.6 is 0 Å². The Bertz CT molecular complexity index is 2370.